The van der Waals surface area contributed by atoms with Gasteiger partial charge in [0.25, 0.3) is 0 Å². The fourth-order valence-electron chi connectivity index (χ4n) is 2.87. The minimum absolute atomic E-state index is 0.360. The van der Waals surface area contributed by atoms with Gasteiger partial charge in [-0.3, -0.25) is 0 Å². The lowest BCUT2D eigenvalue weighted by Crippen LogP contribution is -1.96. The summed E-state index contributed by atoms with van der Waals surface area (Å²) in [5, 5.41) is 8.70. The van der Waals surface area contributed by atoms with Crippen LogP contribution in [0.4, 0.5) is 0 Å². The zero-order valence-corrected chi connectivity index (χ0v) is 14.8. The van der Waals surface area contributed by atoms with Crippen LogP contribution in [-0.2, 0) is 0 Å². The number of aliphatic hydroxyl groups excluding tert-OH is 1. The zero-order chi connectivity index (χ0) is 16.4. The second-order valence-corrected chi connectivity index (χ2v) is 6.48. The van der Waals surface area contributed by atoms with Gasteiger partial charge in [0.15, 0.2) is 0 Å². The maximum atomic E-state index is 8.70. The van der Waals surface area contributed by atoms with Crippen LogP contribution < -0.4 is 4.74 Å². The van der Waals surface area contributed by atoms with Crippen LogP contribution in [0.25, 0.3) is 0 Å². The number of para-hydroxylation sites is 1. The van der Waals surface area contributed by atoms with Crippen molar-refractivity contribution in [2.75, 3.05) is 13.2 Å². The van der Waals surface area contributed by atoms with E-state index < -0.39 is 0 Å². The highest BCUT2D eigenvalue weighted by Gasteiger charge is 1.95. The molecule has 0 spiro atoms. The highest BCUT2D eigenvalue weighted by atomic mass is 16.5. The average molecular weight is 321 g/mol. The SMILES string of the molecule is OCCCCCCCCCCCCCCCOc1ccccc1. The number of unbranched alkanes of at least 4 members (excludes halogenated alkanes) is 12. The second-order valence-electron chi connectivity index (χ2n) is 6.48. The third-order valence-electron chi connectivity index (χ3n) is 4.31. The molecule has 0 atom stereocenters. The highest BCUT2D eigenvalue weighted by molar-refractivity contribution is 5.20. The fraction of sp³-hybridized carbons (Fsp3) is 0.714. The molecule has 2 heteroatoms. The molecule has 0 unspecified atom stereocenters. The summed E-state index contributed by atoms with van der Waals surface area (Å²) in [5.41, 5.74) is 0. The second kappa shape index (κ2) is 15.9. The molecule has 2 nitrogen and oxygen atoms in total. The topological polar surface area (TPSA) is 29.5 Å². The summed E-state index contributed by atoms with van der Waals surface area (Å²) in [6.45, 7) is 1.21. The molecule has 0 aliphatic carbocycles. The van der Waals surface area contributed by atoms with Gasteiger partial charge in [0.05, 0.1) is 6.61 Å². The third-order valence-corrected chi connectivity index (χ3v) is 4.31. The molecule has 0 bridgehead atoms. The largest absolute Gasteiger partial charge is 0.494 e. The van der Waals surface area contributed by atoms with Gasteiger partial charge in [-0.1, -0.05) is 88.8 Å². The Balaban J connectivity index is 1.72. The van der Waals surface area contributed by atoms with Gasteiger partial charge < -0.3 is 9.84 Å². The van der Waals surface area contributed by atoms with E-state index in [-0.39, 0.29) is 0 Å². The number of hydrogen-bond acceptors (Lipinski definition) is 2. The minimum atomic E-state index is 0.360. The molecule has 0 saturated carbocycles. The van der Waals surface area contributed by atoms with Crippen LogP contribution in [0.3, 0.4) is 0 Å². The van der Waals surface area contributed by atoms with E-state index in [0.29, 0.717) is 6.61 Å². The molecule has 0 heterocycles. The maximum Gasteiger partial charge on any atom is 0.119 e. The number of rotatable bonds is 16. The maximum absolute atomic E-state index is 8.70. The van der Waals surface area contributed by atoms with Crippen molar-refractivity contribution in [3.8, 4) is 5.75 Å². The summed E-state index contributed by atoms with van der Waals surface area (Å²) >= 11 is 0. The van der Waals surface area contributed by atoms with Gasteiger partial charge in [0.1, 0.15) is 5.75 Å². The predicted molar refractivity (Wildman–Crippen MR) is 99.0 cm³/mol. The summed E-state index contributed by atoms with van der Waals surface area (Å²) in [4.78, 5) is 0. The molecular weight excluding hydrogens is 284 g/mol. The van der Waals surface area contributed by atoms with Crippen molar-refractivity contribution in [1.29, 1.82) is 0 Å². The third kappa shape index (κ3) is 13.1. The summed E-state index contributed by atoms with van der Waals surface area (Å²) in [6.07, 6.45) is 17.0. The molecule has 1 aromatic carbocycles. The van der Waals surface area contributed by atoms with Crippen LogP contribution >= 0.6 is 0 Å². The van der Waals surface area contributed by atoms with Gasteiger partial charge >= 0.3 is 0 Å². The quantitative estimate of drug-likeness (QED) is 0.371. The number of hydrogen-bond donors (Lipinski definition) is 1. The smallest absolute Gasteiger partial charge is 0.119 e. The Morgan fingerprint density at radius 1 is 0.565 bits per heavy atom. The van der Waals surface area contributed by atoms with Gasteiger partial charge in [-0.15, -0.1) is 0 Å². The van der Waals surface area contributed by atoms with Crippen molar-refractivity contribution < 1.29 is 9.84 Å². The molecule has 0 fully saturated rings. The molecule has 23 heavy (non-hydrogen) atoms. The first-order valence-electron chi connectivity index (χ1n) is 9.72. The van der Waals surface area contributed by atoms with E-state index in [1.165, 1.54) is 77.0 Å². The lowest BCUT2D eigenvalue weighted by Gasteiger charge is -2.06. The Kier molecular flexibility index (Phi) is 13.8. The van der Waals surface area contributed by atoms with E-state index in [4.69, 9.17) is 9.84 Å². The van der Waals surface area contributed by atoms with Crippen molar-refractivity contribution in [2.45, 2.75) is 83.5 Å². The van der Waals surface area contributed by atoms with E-state index in [1.807, 2.05) is 30.3 Å². The molecule has 0 aliphatic heterocycles. The number of benzene rings is 1. The van der Waals surface area contributed by atoms with E-state index in [9.17, 15) is 0 Å². The van der Waals surface area contributed by atoms with Crippen molar-refractivity contribution >= 4 is 0 Å². The van der Waals surface area contributed by atoms with Crippen molar-refractivity contribution in [1.82, 2.24) is 0 Å². The minimum Gasteiger partial charge on any atom is -0.494 e. The number of aliphatic hydroxyl groups is 1. The molecule has 0 aliphatic rings. The summed E-state index contributed by atoms with van der Waals surface area (Å²) in [5.74, 6) is 0.990. The van der Waals surface area contributed by atoms with Crippen LogP contribution in [-0.4, -0.2) is 18.3 Å². The molecule has 132 valence electrons. The Hall–Kier alpha value is -1.02. The summed E-state index contributed by atoms with van der Waals surface area (Å²) < 4.78 is 5.70. The molecule has 0 saturated heterocycles. The van der Waals surface area contributed by atoms with Crippen molar-refractivity contribution in [2.24, 2.45) is 0 Å². The first-order valence-corrected chi connectivity index (χ1v) is 9.72. The lowest BCUT2D eigenvalue weighted by atomic mass is 10.0. The van der Waals surface area contributed by atoms with E-state index in [2.05, 4.69) is 0 Å². The molecule has 1 rings (SSSR count). The molecule has 0 radical (unpaired) electrons. The zero-order valence-electron chi connectivity index (χ0n) is 14.8. The van der Waals surface area contributed by atoms with Crippen LogP contribution in [0.15, 0.2) is 30.3 Å². The summed E-state index contributed by atoms with van der Waals surface area (Å²) in [7, 11) is 0. The first kappa shape index (κ1) is 20.0. The molecule has 0 aromatic heterocycles. The monoisotopic (exact) mass is 320 g/mol. The molecule has 1 N–H and O–H groups in total. The van der Waals surface area contributed by atoms with Crippen LogP contribution in [0.5, 0.6) is 5.75 Å². The van der Waals surface area contributed by atoms with E-state index in [1.54, 1.807) is 0 Å². The van der Waals surface area contributed by atoms with E-state index >= 15 is 0 Å². The predicted octanol–water partition coefficient (Wildman–Crippen LogP) is 6.13. The first-order chi connectivity index (χ1) is 11.4. The van der Waals surface area contributed by atoms with Crippen LogP contribution in [0.2, 0.25) is 0 Å². The average Bonchev–Trinajstić information content (AvgIpc) is 2.59. The van der Waals surface area contributed by atoms with Gasteiger partial charge in [0.2, 0.25) is 0 Å². The van der Waals surface area contributed by atoms with Gasteiger partial charge in [-0.05, 0) is 25.0 Å². The Labute approximate surface area is 143 Å². The molecule has 1 aromatic rings. The normalized spacial score (nSPS) is 10.8. The summed E-state index contributed by atoms with van der Waals surface area (Å²) in [6, 6.07) is 10.1. The van der Waals surface area contributed by atoms with Gasteiger partial charge in [-0.25, -0.2) is 0 Å². The number of ether oxygens (including phenoxy) is 1. The van der Waals surface area contributed by atoms with Crippen molar-refractivity contribution in [3.05, 3.63) is 30.3 Å². The van der Waals surface area contributed by atoms with E-state index in [0.717, 1.165) is 18.8 Å². The van der Waals surface area contributed by atoms with Crippen LogP contribution in [0, 0.1) is 0 Å². The van der Waals surface area contributed by atoms with Gasteiger partial charge in [-0.2, -0.15) is 0 Å². The van der Waals surface area contributed by atoms with Crippen LogP contribution in [0.1, 0.15) is 83.5 Å². The Morgan fingerprint density at radius 3 is 1.48 bits per heavy atom. The standard InChI is InChI=1S/C21H36O2/c22-19-15-10-8-6-4-2-1-3-5-7-9-11-16-20-23-21-17-13-12-14-18-21/h12-14,17-18,22H,1-11,15-16,19-20H2. The lowest BCUT2D eigenvalue weighted by molar-refractivity contribution is 0.282. The van der Waals surface area contributed by atoms with Gasteiger partial charge in [0, 0.05) is 6.61 Å². The molecule has 0 amide bonds. The molecular formula is C21H36O2. The van der Waals surface area contributed by atoms with Crippen molar-refractivity contribution in [3.63, 3.8) is 0 Å². The Bertz CT molecular complexity index is 337. The Morgan fingerprint density at radius 2 is 1.00 bits per heavy atom. The fourth-order valence-corrected chi connectivity index (χ4v) is 2.87. The highest BCUT2D eigenvalue weighted by Crippen LogP contribution is 2.13.